The summed E-state index contributed by atoms with van der Waals surface area (Å²) in [5.41, 5.74) is 2.49. The van der Waals surface area contributed by atoms with Gasteiger partial charge in [0.1, 0.15) is 5.75 Å². The van der Waals surface area contributed by atoms with Gasteiger partial charge in [-0.25, -0.2) is 8.42 Å². The van der Waals surface area contributed by atoms with Crippen molar-refractivity contribution in [2.24, 2.45) is 0 Å². The van der Waals surface area contributed by atoms with Crippen LogP contribution in [0.1, 0.15) is 36.7 Å². The number of ether oxygens (including phenoxy) is 1. The maximum absolute atomic E-state index is 12.8. The SMILES string of the molecule is COc1ccc(S(=O)(=O)Nc2cccc(NC(=O)c3ccc(C(C)(C)C)cc3)c2)cc1I. The summed E-state index contributed by atoms with van der Waals surface area (Å²) in [5, 5.41) is 2.82. The van der Waals surface area contributed by atoms with Gasteiger partial charge in [0.15, 0.2) is 0 Å². The molecule has 8 heteroatoms. The van der Waals surface area contributed by atoms with Crippen LogP contribution in [0.2, 0.25) is 0 Å². The molecule has 0 aromatic heterocycles. The van der Waals surface area contributed by atoms with Crippen LogP contribution in [0.4, 0.5) is 11.4 Å². The molecule has 0 saturated carbocycles. The molecule has 0 heterocycles. The second-order valence-corrected chi connectivity index (χ2v) is 11.1. The van der Waals surface area contributed by atoms with E-state index in [0.29, 0.717) is 26.3 Å². The molecule has 0 atom stereocenters. The number of carbonyl (C=O) groups is 1. The zero-order valence-corrected chi connectivity index (χ0v) is 21.2. The molecule has 3 aromatic carbocycles. The number of methoxy groups -OCH3 is 1. The minimum atomic E-state index is -3.80. The lowest BCUT2D eigenvalue weighted by molar-refractivity contribution is 0.102. The largest absolute Gasteiger partial charge is 0.496 e. The number of halogens is 1. The lowest BCUT2D eigenvalue weighted by atomic mass is 9.87. The summed E-state index contributed by atoms with van der Waals surface area (Å²) in [7, 11) is -2.27. The monoisotopic (exact) mass is 564 g/mol. The number of amides is 1. The molecule has 0 fully saturated rings. The van der Waals surface area contributed by atoms with Gasteiger partial charge >= 0.3 is 0 Å². The Bertz CT molecular complexity index is 1230. The lowest BCUT2D eigenvalue weighted by Gasteiger charge is -2.19. The quantitative estimate of drug-likeness (QED) is 0.379. The first-order valence-corrected chi connectivity index (χ1v) is 12.4. The maximum Gasteiger partial charge on any atom is 0.261 e. The second kappa shape index (κ2) is 9.50. The third-order valence-corrected chi connectivity index (χ3v) is 7.04. The summed E-state index contributed by atoms with van der Waals surface area (Å²) in [6.07, 6.45) is 0. The Morgan fingerprint density at radius 1 is 0.938 bits per heavy atom. The molecule has 0 radical (unpaired) electrons. The minimum absolute atomic E-state index is 0.00243. The van der Waals surface area contributed by atoms with Crippen LogP contribution in [0.3, 0.4) is 0 Å². The Morgan fingerprint density at radius 3 is 2.19 bits per heavy atom. The second-order valence-electron chi connectivity index (χ2n) is 8.26. The number of rotatable bonds is 6. The van der Waals surface area contributed by atoms with E-state index in [4.69, 9.17) is 4.74 Å². The van der Waals surface area contributed by atoms with E-state index in [1.807, 2.05) is 34.7 Å². The van der Waals surface area contributed by atoms with Gasteiger partial charge in [0, 0.05) is 11.3 Å². The van der Waals surface area contributed by atoms with Crippen LogP contribution < -0.4 is 14.8 Å². The van der Waals surface area contributed by atoms with Crippen LogP contribution in [-0.2, 0) is 15.4 Å². The van der Waals surface area contributed by atoms with Crippen molar-refractivity contribution in [2.75, 3.05) is 17.1 Å². The molecule has 3 rings (SSSR count). The van der Waals surface area contributed by atoms with Crippen molar-refractivity contribution in [3.63, 3.8) is 0 Å². The van der Waals surface area contributed by atoms with Gasteiger partial charge < -0.3 is 10.1 Å². The Labute approximate surface area is 202 Å². The fraction of sp³-hybridized carbons (Fsp3) is 0.208. The van der Waals surface area contributed by atoms with Gasteiger partial charge in [0.2, 0.25) is 0 Å². The molecule has 168 valence electrons. The molecule has 0 unspecified atom stereocenters. The third kappa shape index (κ3) is 5.80. The number of anilines is 2. The van der Waals surface area contributed by atoms with Gasteiger partial charge in [-0.15, -0.1) is 0 Å². The Hall–Kier alpha value is -2.59. The molecule has 0 bridgehead atoms. The van der Waals surface area contributed by atoms with Crippen LogP contribution in [0.25, 0.3) is 0 Å². The smallest absolute Gasteiger partial charge is 0.261 e. The topological polar surface area (TPSA) is 84.5 Å². The zero-order chi connectivity index (χ0) is 23.5. The summed E-state index contributed by atoms with van der Waals surface area (Å²) >= 11 is 2.02. The molecule has 0 saturated heterocycles. The van der Waals surface area contributed by atoms with Crippen LogP contribution >= 0.6 is 22.6 Å². The van der Waals surface area contributed by atoms with Gasteiger partial charge in [-0.1, -0.05) is 39.0 Å². The van der Waals surface area contributed by atoms with Crippen molar-refractivity contribution < 1.29 is 17.9 Å². The summed E-state index contributed by atoms with van der Waals surface area (Å²) in [6, 6.07) is 18.7. The number of nitrogens with one attached hydrogen (secondary N) is 2. The standard InChI is InChI=1S/C24H25IN2O4S/c1-24(2,3)17-10-8-16(9-11-17)23(28)26-18-6-5-7-19(14-18)27-32(29,30)20-12-13-22(31-4)21(25)15-20/h5-15,27H,1-4H3,(H,26,28). The highest BCUT2D eigenvalue weighted by Crippen LogP contribution is 2.26. The predicted octanol–water partition coefficient (Wildman–Crippen LogP) is 5.65. The first-order valence-electron chi connectivity index (χ1n) is 9.88. The van der Waals surface area contributed by atoms with Crippen molar-refractivity contribution >= 4 is 49.9 Å². The molecule has 0 aliphatic carbocycles. The van der Waals surface area contributed by atoms with Gasteiger partial charge in [0.05, 0.1) is 21.3 Å². The van der Waals surface area contributed by atoms with Crippen molar-refractivity contribution in [1.29, 1.82) is 0 Å². The molecule has 0 spiro atoms. The molecule has 1 amide bonds. The third-order valence-electron chi connectivity index (χ3n) is 4.82. The normalized spacial score (nSPS) is 11.7. The van der Waals surface area contributed by atoms with E-state index in [1.165, 1.54) is 19.2 Å². The fourth-order valence-corrected chi connectivity index (χ4v) is 5.04. The van der Waals surface area contributed by atoms with Crippen molar-refractivity contribution in [2.45, 2.75) is 31.1 Å². The van der Waals surface area contributed by atoms with Crippen LogP contribution in [0.15, 0.2) is 71.6 Å². The minimum Gasteiger partial charge on any atom is -0.496 e. The lowest BCUT2D eigenvalue weighted by Crippen LogP contribution is -2.15. The van der Waals surface area contributed by atoms with Crippen molar-refractivity contribution in [3.8, 4) is 5.75 Å². The van der Waals surface area contributed by atoms with Gasteiger partial charge in [-0.05, 0) is 82.1 Å². The van der Waals surface area contributed by atoms with Gasteiger partial charge in [0.25, 0.3) is 15.9 Å². The molecule has 2 N–H and O–H groups in total. The first-order chi connectivity index (χ1) is 15.0. The molecular formula is C24H25IN2O4S. The maximum atomic E-state index is 12.8. The highest BCUT2D eigenvalue weighted by molar-refractivity contribution is 14.1. The van der Waals surface area contributed by atoms with Crippen LogP contribution in [0, 0.1) is 3.57 Å². The van der Waals surface area contributed by atoms with Crippen LogP contribution in [0.5, 0.6) is 5.75 Å². The first kappa shape index (κ1) is 24.1. The van der Waals surface area contributed by atoms with E-state index in [-0.39, 0.29) is 16.2 Å². The zero-order valence-electron chi connectivity index (χ0n) is 18.3. The highest BCUT2D eigenvalue weighted by atomic mass is 127. The predicted molar refractivity (Wildman–Crippen MR) is 136 cm³/mol. The number of carbonyl (C=O) groups excluding carboxylic acids is 1. The molecule has 3 aromatic rings. The Balaban J connectivity index is 1.75. The molecule has 0 aliphatic rings. The molecule has 0 aliphatic heterocycles. The molecular weight excluding hydrogens is 539 g/mol. The summed E-state index contributed by atoms with van der Waals surface area (Å²) in [4.78, 5) is 12.7. The van der Waals surface area contributed by atoms with E-state index in [0.717, 1.165) is 5.56 Å². The fourth-order valence-electron chi connectivity index (χ4n) is 3.01. The van der Waals surface area contributed by atoms with Gasteiger partial charge in [-0.2, -0.15) is 0 Å². The Kier molecular flexibility index (Phi) is 7.14. The van der Waals surface area contributed by atoms with Gasteiger partial charge in [-0.3, -0.25) is 9.52 Å². The number of hydrogen-bond donors (Lipinski definition) is 2. The summed E-state index contributed by atoms with van der Waals surface area (Å²) in [6.45, 7) is 6.34. The molecule has 6 nitrogen and oxygen atoms in total. The Morgan fingerprint density at radius 2 is 1.59 bits per heavy atom. The highest BCUT2D eigenvalue weighted by Gasteiger charge is 2.17. The molecule has 32 heavy (non-hydrogen) atoms. The average molecular weight is 564 g/mol. The van der Waals surface area contributed by atoms with E-state index < -0.39 is 10.0 Å². The van der Waals surface area contributed by atoms with E-state index >= 15 is 0 Å². The van der Waals surface area contributed by atoms with Crippen molar-refractivity contribution in [1.82, 2.24) is 0 Å². The van der Waals surface area contributed by atoms with E-state index in [1.54, 1.807) is 42.5 Å². The van der Waals surface area contributed by atoms with Crippen molar-refractivity contribution in [3.05, 3.63) is 81.4 Å². The number of benzene rings is 3. The van der Waals surface area contributed by atoms with E-state index in [9.17, 15) is 13.2 Å². The number of sulfonamides is 1. The number of hydrogen-bond acceptors (Lipinski definition) is 4. The summed E-state index contributed by atoms with van der Waals surface area (Å²) in [5.74, 6) is 0.333. The van der Waals surface area contributed by atoms with Crippen LogP contribution in [-0.4, -0.2) is 21.4 Å². The summed E-state index contributed by atoms with van der Waals surface area (Å²) < 4.78 is 34.0. The average Bonchev–Trinajstić information content (AvgIpc) is 2.73. The van der Waals surface area contributed by atoms with E-state index in [2.05, 4.69) is 30.8 Å².